The van der Waals surface area contributed by atoms with Gasteiger partial charge in [-0.05, 0) is 18.3 Å². The molecule has 0 atom stereocenters. The van der Waals surface area contributed by atoms with Crippen molar-refractivity contribution in [3.63, 3.8) is 0 Å². The summed E-state index contributed by atoms with van der Waals surface area (Å²) in [7, 11) is 0. The number of amides is 2. The summed E-state index contributed by atoms with van der Waals surface area (Å²) in [5.74, 6) is 0. The predicted molar refractivity (Wildman–Crippen MR) is 53.7 cm³/mol. The zero-order chi connectivity index (χ0) is 9.90. The molecule has 0 aromatic rings. The molecule has 1 rings (SSSR count). The average molecular weight is 184 g/mol. The van der Waals surface area contributed by atoms with E-state index in [9.17, 15) is 4.79 Å². The van der Waals surface area contributed by atoms with Gasteiger partial charge in [-0.15, -0.1) is 0 Å². The minimum absolute atomic E-state index is 0.104. The molecule has 0 bridgehead atoms. The van der Waals surface area contributed by atoms with E-state index < -0.39 is 0 Å². The number of urea groups is 1. The molecular weight excluding hydrogens is 164 g/mol. The summed E-state index contributed by atoms with van der Waals surface area (Å²) in [6, 6.07) is 0.104. The molecule has 2 amide bonds. The number of hydrogen-bond donors (Lipinski definition) is 1. The molecule has 0 spiro atoms. The number of carbonyl (C=O) groups excluding carboxylic acids is 1. The quantitative estimate of drug-likeness (QED) is 0.713. The molecule has 0 aromatic heterocycles. The Morgan fingerprint density at radius 3 is 2.77 bits per heavy atom. The molecule has 0 radical (unpaired) electrons. The molecule has 0 unspecified atom stereocenters. The molecular formula is C10H20N2O. The monoisotopic (exact) mass is 184 g/mol. The van der Waals surface area contributed by atoms with Crippen LogP contribution in [0.3, 0.4) is 0 Å². The van der Waals surface area contributed by atoms with Crippen molar-refractivity contribution in [3.05, 3.63) is 0 Å². The third-order valence-corrected chi connectivity index (χ3v) is 2.74. The van der Waals surface area contributed by atoms with Crippen molar-refractivity contribution < 1.29 is 4.79 Å². The fraction of sp³-hybridized carbons (Fsp3) is 0.900. The highest BCUT2D eigenvalue weighted by molar-refractivity contribution is 5.74. The third kappa shape index (κ3) is 2.90. The van der Waals surface area contributed by atoms with Crippen LogP contribution in [-0.2, 0) is 0 Å². The van der Waals surface area contributed by atoms with Crippen molar-refractivity contribution >= 4 is 6.03 Å². The summed E-state index contributed by atoms with van der Waals surface area (Å²) in [6.07, 6.45) is 2.18. The van der Waals surface area contributed by atoms with Gasteiger partial charge in [0.05, 0.1) is 0 Å². The van der Waals surface area contributed by atoms with Crippen LogP contribution >= 0.6 is 0 Å². The van der Waals surface area contributed by atoms with Crippen LogP contribution in [0.2, 0.25) is 0 Å². The highest BCUT2D eigenvalue weighted by Crippen LogP contribution is 2.21. The van der Waals surface area contributed by atoms with E-state index in [1.807, 2.05) is 4.90 Å². The smallest absolute Gasteiger partial charge is 0.317 e. The SMILES string of the molecule is CCC(C)(C)CN1CCCNC1=O. The normalized spacial score (nSPS) is 18.7. The van der Waals surface area contributed by atoms with Crippen LogP contribution in [0.1, 0.15) is 33.6 Å². The van der Waals surface area contributed by atoms with Crippen LogP contribution in [0.25, 0.3) is 0 Å². The summed E-state index contributed by atoms with van der Waals surface area (Å²) in [5.41, 5.74) is 0.245. The van der Waals surface area contributed by atoms with E-state index in [1.165, 1.54) is 0 Å². The van der Waals surface area contributed by atoms with Gasteiger partial charge in [0.15, 0.2) is 0 Å². The maximum absolute atomic E-state index is 11.4. The lowest BCUT2D eigenvalue weighted by Crippen LogP contribution is -2.49. The minimum Gasteiger partial charge on any atom is -0.338 e. The van der Waals surface area contributed by atoms with Gasteiger partial charge >= 0.3 is 6.03 Å². The second-order valence-corrected chi connectivity index (χ2v) is 4.52. The van der Waals surface area contributed by atoms with E-state index in [4.69, 9.17) is 0 Å². The summed E-state index contributed by atoms with van der Waals surface area (Å²) in [4.78, 5) is 13.3. The molecule has 3 heteroatoms. The van der Waals surface area contributed by atoms with Crippen molar-refractivity contribution in [2.45, 2.75) is 33.6 Å². The van der Waals surface area contributed by atoms with Gasteiger partial charge in [0.2, 0.25) is 0 Å². The minimum atomic E-state index is 0.104. The van der Waals surface area contributed by atoms with Crippen molar-refractivity contribution in [3.8, 4) is 0 Å². The van der Waals surface area contributed by atoms with Gasteiger partial charge in [-0.1, -0.05) is 20.8 Å². The molecule has 1 heterocycles. The zero-order valence-electron chi connectivity index (χ0n) is 8.89. The van der Waals surface area contributed by atoms with Gasteiger partial charge in [-0.25, -0.2) is 4.79 Å². The summed E-state index contributed by atoms with van der Waals surface area (Å²) in [5, 5.41) is 2.87. The lowest BCUT2D eigenvalue weighted by Gasteiger charge is -2.34. The molecule has 1 aliphatic heterocycles. The van der Waals surface area contributed by atoms with E-state index in [0.717, 1.165) is 32.5 Å². The first-order chi connectivity index (χ1) is 6.05. The van der Waals surface area contributed by atoms with Gasteiger partial charge in [0, 0.05) is 19.6 Å². The fourth-order valence-corrected chi connectivity index (χ4v) is 1.46. The molecule has 1 saturated heterocycles. The van der Waals surface area contributed by atoms with Crippen LogP contribution in [0.4, 0.5) is 4.79 Å². The molecule has 0 aliphatic carbocycles. The number of nitrogens with zero attached hydrogens (tertiary/aromatic N) is 1. The van der Waals surface area contributed by atoms with Gasteiger partial charge in [0.25, 0.3) is 0 Å². The van der Waals surface area contributed by atoms with E-state index in [2.05, 4.69) is 26.1 Å². The highest BCUT2D eigenvalue weighted by atomic mass is 16.2. The molecule has 1 fully saturated rings. The van der Waals surface area contributed by atoms with E-state index in [0.29, 0.717) is 0 Å². The summed E-state index contributed by atoms with van der Waals surface area (Å²) >= 11 is 0. The second kappa shape index (κ2) is 3.99. The molecule has 3 nitrogen and oxygen atoms in total. The summed E-state index contributed by atoms with van der Waals surface area (Å²) in [6.45, 7) is 9.19. The third-order valence-electron chi connectivity index (χ3n) is 2.74. The molecule has 0 saturated carbocycles. The van der Waals surface area contributed by atoms with E-state index >= 15 is 0 Å². The Morgan fingerprint density at radius 2 is 2.23 bits per heavy atom. The second-order valence-electron chi connectivity index (χ2n) is 4.52. The fourth-order valence-electron chi connectivity index (χ4n) is 1.46. The Kier molecular flexibility index (Phi) is 3.17. The Hall–Kier alpha value is -0.730. The van der Waals surface area contributed by atoms with Crippen LogP contribution in [0, 0.1) is 5.41 Å². The average Bonchev–Trinajstić information content (AvgIpc) is 2.09. The highest BCUT2D eigenvalue weighted by Gasteiger charge is 2.24. The van der Waals surface area contributed by atoms with Gasteiger partial charge < -0.3 is 10.2 Å². The van der Waals surface area contributed by atoms with Crippen LogP contribution in [-0.4, -0.2) is 30.6 Å². The van der Waals surface area contributed by atoms with Gasteiger partial charge in [-0.2, -0.15) is 0 Å². The first kappa shape index (κ1) is 10.4. The maximum atomic E-state index is 11.4. The number of rotatable bonds is 3. The molecule has 76 valence electrons. The Morgan fingerprint density at radius 1 is 1.54 bits per heavy atom. The van der Waals surface area contributed by atoms with Gasteiger partial charge in [-0.3, -0.25) is 0 Å². The Bertz CT molecular complexity index is 189. The lowest BCUT2D eigenvalue weighted by atomic mass is 9.89. The topological polar surface area (TPSA) is 32.3 Å². The molecule has 0 aromatic carbocycles. The first-order valence-corrected chi connectivity index (χ1v) is 5.08. The van der Waals surface area contributed by atoms with Gasteiger partial charge in [0.1, 0.15) is 0 Å². The number of nitrogens with one attached hydrogen (secondary N) is 1. The molecule has 1 N–H and O–H groups in total. The lowest BCUT2D eigenvalue weighted by molar-refractivity contribution is 0.153. The molecule has 13 heavy (non-hydrogen) atoms. The standard InChI is InChI=1S/C10H20N2O/c1-4-10(2,3)8-12-7-5-6-11-9(12)13/h4-8H2,1-3H3,(H,11,13). The Balaban J connectivity index is 2.47. The van der Waals surface area contributed by atoms with Crippen molar-refractivity contribution in [2.24, 2.45) is 5.41 Å². The van der Waals surface area contributed by atoms with E-state index in [-0.39, 0.29) is 11.4 Å². The first-order valence-electron chi connectivity index (χ1n) is 5.08. The van der Waals surface area contributed by atoms with Crippen LogP contribution < -0.4 is 5.32 Å². The largest absolute Gasteiger partial charge is 0.338 e. The zero-order valence-corrected chi connectivity index (χ0v) is 8.89. The van der Waals surface area contributed by atoms with Crippen molar-refractivity contribution in [1.82, 2.24) is 10.2 Å². The van der Waals surface area contributed by atoms with E-state index in [1.54, 1.807) is 0 Å². The van der Waals surface area contributed by atoms with Crippen LogP contribution in [0.5, 0.6) is 0 Å². The number of carbonyl (C=O) groups is 1. The summed E-state index contributed by atoms with van der Waals surface area (Å²) < 4.78 is 0. The van der Waals surface area contributed by atoms with Crippen LogP contribution in [0.15, 0.2) is 0 Å². The predicted octanol–water partition coefficient (Wildman–Crippen LogP) is 1.84. The van der Waals surface area contributed by atoms with Crippen molar-refractivity contribution in [1.29, 1.82) is 0 Å². The maximum Gasteiger partial charge on any atom is 0.317 e. The molecule has 1 aliphatic rings. The Labute approximate surface area is 80.5 Å². The number of hydrogen-bond acceptors (Lipinski definition) is 1. The van der Waals surface area contributed by atoms with Crippen molar-refractivity contribution in [2.75, 3.05) is 19.6 Å².